The van der Waals surface area contributed by atoms with E-state index in [9.17, 15) is 0 Å². The summed E-state index contributed by atoms with van der Waals surface area (Å²) in [5, 5.41) is 6.68. The molecule has 0 unspecified atom stereocenters. The number of nitrogens with zero attached hydrogens (tertiary/aromatic N) is 3. The maximum atomic E-state index is 4.63. The molecule has 100 valence electrons. The fraction of sp³-hybridized carbons (Fsp3) is 0.429. The van der Waals surface area contributed by atoms with Crippen LogP contribution in [0.4, 0.5) is 0 Å². The van der Waals surface area contributed by atoms with Gasteiger partial charge < -0.3 is 15.2 Å². The molecule has 1 aromatic carbocycles. The maximum Gasteiger partial charge on any atom is 0.191 e. The highest BCUT2D eigenvalue weighted by Gasteiger charge is 2.22. The van der Waals surface area contributed by atoms with Crippen molar-refractivity contribution in [2.24, 2.45) is 12.0 Å². The first-order valence-electron chi connectivity index (χ1n) is 6.65. The number of para-hydroxylation sites is 2. The molecule has 1 aromatic heterocycles. The zero-order valence-electron chi connectivity index (χ0n) is 11.3. The van der Waals surface area contributed by atoms with Gasteiger partial charge in [-0.15, -0.1) is 0 Å². The van der Waals surface area contributed by atoms with Gasteiger partial charge in [-0.3, -0.25) is 4.99 Å². The van der Waals surface area contributed by atoms with Crippen LogP contribution in [0.5, 0.6) is 0 Å². The van der Waals surface area contributed by atoms with Crippen molar-refractivity contribution in [3.05, 3.63) is 30.1 Å². The number of rotatable bonds is 3. The molecule has 1 saturated carbocycles. The smallest absolute Gasteiger partial charge is 0.191 e. The second-order valence-electron chi connectivity index (χ2n) is 4.92. The second-order valence-corrected chi connectivity index (χ2v) is 4.92. The molecule has 3 rings (SSSR count). The Morgan fingerprint density at radius 2 is 2.21 bits per heavy atom. The van der Waals surface area contributed by atoms with Crippen LogP contribution in [0, 0.1) is 0 Å². The van der Waals surface area contributed by atoms with Crippen LogP contribution in [0.2, 0.25) is 0 Å². The van der Waals surface area contributed by atoms with E-state index in [4.69, 9.17) is 0 Å². The van der Waals surface area contributed by atoms with Gasteiger partial charge >= 0.3 is 0 Å². The summed E-state index contributed by atoms with van der Waals surface area (Å²) in [6, 6.07) is 8.78. The summed E-state index contributed by atoms with van der Waals surface area (Å²) >= 11 is 0. The summed E-state index contributed by atoms with van der Waals surface area (Å²) in [7, 11) is 3.84. The number of aryl methyl sites for hydroxylation is 1. The molecule has 1 fully saturated rings. The van der Waals surface area contributed by atoms with Gasteiger partial charge in [-0.05, 0) is 25.0 Å². The molecule has 0 atom stereocenters. The molecule has 0 aliphatic heterocycles. The third-order valence-electron chi connectivity index (χ3n) is 3.44. The van der Waals surface area contributed by atoms with E-state index in [1.807, 2.05) is 25.2 Å². The molecule has 0 spiro atoms. The highest BCUT2D eigenvalue weighted by atomic mass is 15.2. The van der Waals surface area contributed by atoms with Gasteiger partial charge in [0.05, 0.1) is 17.6 Å². The molecule has 5 nitrogen and oxygen atoms in total. The van der Waals surface area contributed by atoms with Crippen molar-refractivity contribution in [2.75, 3.05) is 7.05 Å². The van der Waals surface area contributed by atoms with Crippen LogP contribution < -0.4 is 10.6 Å². The highest BCUT2D eigenvalue weighted by molar-refractivity contribution is 5.80. The van der Waals surface area contributed by atoms with Crippen LogP contribution in [0.3, 0.4) is 0 Å². The normalized spacial score (nSPS) is 15.8. The largest absolute Gasteiger partial charge is 0.354 e. The van der Waals surface area contributed by atoms with Crippen LogP contribution in [-0.4, -0.2) is 28.6 Å². The van der Waals surface area contributed by atoms with E-state index in [-0.39, 0.29) is 0 Å². The third kappa shape index (κ3) is 2.54. The fourth-order valence-electron chi connectivity index (χ4n) is 2.13. The minimum absolute atomic E-state index is 0.603. The predicted molar refractivity (Wildman–Crippen MR) is 77.1 cm³/mol. The van der Waals surface area contributed by atoms with Crippen LogP contribution >= 0.6 is 0 Å². The minimum atomic E-state index is 0.603. The van der Waals surface area contributed by atoms with Gasteiger partial charge in [0.1, 0.15) is 5.82 Å². The molecule has 5 heteroatoms. The first kappa shape index (κ1) is 12.0. The van der Waals surface area contributed by atoms with Crippen molar-refractivity contribution in [3.8, 4) is 0 Å². The Labute approximate surface area is 112 Å². The first-order valence-corrected chi connectivity index (χ1v) is 6.65. The third-order valence-corrected chi connectivity index (χ3v) is 3.44. The van der Waals surface area contributed by atoms with Crippen molar-refractivity contribution >= 4 is 17.0 Å². The number of hydrogen-bond donors (Lipinski definition) is 2. The Bertz CT molecular complexity index is 609. The number of nitrogens with one attached hydrogen (secondary N) is 2. The summed E-state index contributed by atoms with van der Waals surface area (Å²) in [5.41, 5.74) is 2.19. The molecule has 0 radical (unpaired) electrons. The van der Waals surface area contributed by atoms with Crippen LogP contribution in [-0.2, 0) is 13.6 Å². The standard InChI is InChI=1S/C14H19N5/c1-15-14(17-10-7-8-10)16-9-13-18-11-5-3-4-6-12(11)19(13)2/h3-6,10H,7-9H2,1-2H3,(H2,15,16,17). The van der Waals surface area contributed by atoms with Gasteiger partial charge in [-0.2, -0.15) is 0 Å². The topological polar surface area (TPSA) is 54.2 Å². The number of fused-ring (bicyclic) bond motifs is 1. The summed E-state index contributed by atoms with van der Waals surface area (Å²) < 4.78 is 2.12. The van der Waals surface area contributed by atoms with Gasteiger partial charge in [0, 0.05) is 20.1 Å². The monoisotopic (exact) mass is 257 g/mol. The van der Waals surface area contributed by atoms with E-state index in [0.29, 0.717) is 12.6 Å². The lowest BCUT2D eigenvalue weighted by molar-refractivity contribution is 0.735. The van der Waals surface area contributed by atoms with Crippen LogP contribution in [0.1, 0.15) is 18.7 Å². The first-order chi connectivity index (χ1) is 9.28. The quantitative estimate of drug-likeness (QED) is 0.645. The van der Waals surface area contributed by atoms with E-state index in [0.717, 1.165) is 22.8 Å². The van der Waals surface area contributed by atoms with E-state index in [2.05, 4.69) is 31.2 Å². The Kier molecular flexibility index (Phi) is 3.11. The van der Waals surface area contributed by atoms with Gasteiger partial charge in [-0.1, -0.05) is 12.1 Å². The molecule has 1 heterocycles. The summed E-state index contributed by atoms with van der Waals surface area (Å²) in [6.07, 6.45) is 2.49. The van der Waals surface area contributed by atoms with Gasteiger partial charge in [0.2, 0.25) is 0 Å². The Balaban J connectivity index is 1.72. The number of aromatic nitrogens is 2. The molecule has 1 aliphatic carbocycles. The van der Waals surface area contributed by atoms with Crippen molar-refractivity contribution < 1.29 is 0 Å². The van der Waals surface area contributed by atoms with Crippen LogP contribution in [0.15, 0.2) is 29.3 Å². The van der Waals surface area contributed by atoms with Gasteiger partial charge in [0.15, 0.2) is 5.96 Å². The van der Waals surface area contributed by atoms with E-state index >= 15 is 0 Å². The lowest BCUT2D eigenvalue weighted by Crippen LogP contribution is -2.38. The molecular formula is C14H19N5. The molecule has 2 aromatic rings. The Morgan fingerprint density at radius 1 is 1.42 bits per heavy atom. The average molecular weight is 257 g/mol. The lowest BCUT2D eigenvalue weighted by Gasteiger charge is -2.10. The molecule has 1 aliphatic rings. The second kappa shape index (κ2) is 4.91. The van der Waals surface area contributed by atoms with Crippen molar-refractivity contribution in [3.63, 3.8) is 0 Å². The molecule has 0 amide bonds. The van der Waals surface area contributed by atoms with Gasteiger partial charge in [-0.25, -0.2) is 4.98 Å². The van der Waals surface area contributed by atoms with Crippen molar-refractivity contribution in [2.45, 2.75) is 25.4 Å². The summed E-state index contributed by atoms with van der Waals surface area (Å²) in [5.74, 6) is 1.87. The SMILES string of the molecule is CN=C(NCc1nc2ccccc2n1C)NC1CC1. The molecule has 2 N–H and O–H groups in total. The van der Waals surface area contributed by atoms with E-state index in [1.54, 1.807) is 7.05 Å². The zero-order chi connectivity index (χ0) is 13.2. The Morgan fingerprint density at radius 3 is 2.89 bits per heavy atom. The summed E-state index contributed by atoms with van der Waals surface area (Å²) in [4.78, 5) is 8.86. The van der Waals surface area contributed by atoms with Crippen molar-refractivity contribution in [1.82, 2.24) is 20.2 Å². The number of hydrogen-bond acceptors (Lipinski definition) is 2. The van der Waals surface area contributed by atoms with Crippen molar-refractivity contribution in [1.29, 1.82) is 0 Å². The minimum Gasteiger partial charge on any atom is -0.354 e. The van der Waals surface area contributed by atoms with E-state index < -0.39 is 0 Å². The van der Waals surface area contributed by atoms with Gasteiger partial charge in [0.25, 0.3) is 0 Å². The highest BCUT2D eigenvalue weighted by Crippen LogP contribution is 2.18. The number of guanidine groups is 1. The predicted octanol–water partition coefficient (Wildman–Crippen LogP) is 1.40. The number of imidazole rings is 1. The molecule has 0 saturated heterocycles. The lowest BCUT2D eigenvalue weighted by atomic mass is 10.3. The number of aliphatic imine (C=N–C) groups is 1. The zero-order valence-corrected chi connectivity index (χ0v) is 11.3. The fourth-order valence-corrected chi connectivity index (χ4v) is 2.13. The molecule has 19 heavy (non-hydrogen) atoms. The van der Waals surface area contributed by atoms with Crippen LogP contribution in [0.25, 0.3) is 11.0 Å². The average Bonchev–Trinajstić information content (AvgIpc) is 3.20. The Hall–Kier alpha value is -2.04. The van der Waals surface area contributed by atoms with E-state index in [1.165, 1.54) is 12.8 Å². The number of benzene rings is 1. The molecule has 0 bridgehead atoms. The maximum absolute atomic E-state index is 4.63. The molecular weight excluding hydrogens is 238 g/mol. The summed E-state index contributed by atoms with van der Waals surface area (Å²) in [6.45, 7) is 0.678.